The number of anilines is 1. The van der Waals surface area contributed by atoms with Crippen LogP contribution in [0.4, 0.5) is 5.82 Å². The van der Waals surface area contributed by atoms with Crippen molar-refractivity contribution in [3.8, 4) is 0 Å². The molecule has 96 valence electrons. The third kappa shape index (κ3) is 1.83. The molecule has 1 aliphatic rings. The molecule has 5 heteroatoms. The lowest BCUT2D eigenvalue weighted by Crippen LogP contribution is -2.00. The first-order chi connectivity index (χ1) is 8.77. The Kier molecular flexibility index (Phi) is 2.89. The van der Waals surface area contributed by atoms with Gasteiger partial charge in [0.15, 0.2) is 5.82 Å². The van der Waals surface area contributed by atoms with E-state index in [1.54, 1.807) is 6.33 Å². The molecule has 5 nitrogen and oxygen atoms in total. The van der Waals surface area contributed by atoms with Gasteiger partial charge in [-0.1, -0.05) is 25.7 Å². The van der Waals surface area contributed by atoms with Crippen LogP contribution in [0.25, 0.3) is 11.0 Å². The summed E-state index contributed by atoms with van der Waals surface area (Å²) in [4.78, 5) is 8.45. The number of nitrogen functional groups attached to an aromatic ring is 1. The maximum absolute atomic E-state index is 5.92. The molecular formula is C13H19N5. The summed E-state index contributed by atoms with van der Waals surface area (Å²) in [7, 11) is 1.92. The van der Waals surface area contributed by atoms with Gasteiger partial charge in [-0.2, -0.15) is 5.10 Å². The molecule has 0 spiro atoms. The normalized spacial score (nSPS) is 18.1. The molecule has 0 radical (unpaired) electrons. The highest BCUT2D eigenvalue weighted by Crippen LogP contribution is 2.34. The van der Waals surface area contributed by atoms with Gasteiger partial charge in [0.05, 0.1) is 5.69 Å². The molecule has 2 heterocycles. The molecule has 1 saturated carbocycles. The Balaban J connectivity index is 2.08. The van der Waals surface area contributed by atoms with Crippen LogP contribution >= 0.6 is 0 Å². The Morgan fingerprint density at radius 3 is 2.61 bits per heavy atom. The number of nitrogens with zero attached hydrogens (tertiary/aromatic N) is 4. The number of aromatic nitrogens is 4. The van der Waals surface area contributed by atoms with Gasteiger partial charge in [-0.05, 0) is 12.8 Å². The van der Waals surface area contributed by atoms with Crippen molar-refractivity contribution < 1.29 is 0 Å². The van der Waals surface area contributed by atoms with Crippen LogP contribution in [0.3, 0.4) is 0 Å². The summed E-state index contributed by atoms with van der Waals surface area (Å²) in [6.07, 6.45) is 9.26. The number of aryl methyl sites for hydroxylation is 1. The Labute approximate surface area is 106 Å². The smallest absolute Gasteiger partial charge is 0.153 e. The average Bonchev–Trinajstić information content (AvgIpc) is 2.56. The van der Waals surface area contributed by atoms with Crippen molar-refractivity contribution in [3.05, 3.63) is 12.0 Å². The zero-order valence-electron chi connectivity index (χ0n) is 10.8. The third-order valence-electron chi connectivity index (χ3n) is 3.92. The standard InChI is InChI=1S/C13H19N5/c1-18-12-11(15-8-16-13(12)14)10(17-18)9-6-4-2-3-5-7-9/h8-9H,2-7H2,1H3,(H2,14,15,16). The molecule has 2 aromatic rings. The largest absolute Gasteiger partial charge is 0.382 e. The van der Waals surface area contributed by atoms with E-state index in [0.29, 0.717) is 11.7 Å². The second-order valence-electron chi connectivity index (χ2n) is 5.15. The van der Waals surface area contributed by atoms with Crippen molar-refractivity contribution in [3.63, 3.8) is 0 Å². The van der Waals surface area contributed by atoms with Crippen molar-refractivity contribution >= 4 is 16.9 Å². The predicted molar refractivity (Wildman–Crippen MR) is 71.2 cm³/mol. The van der Waals surface area contributed by atoms with Crippen molar-refractivity contribution in [2.75, 3.05) is 5.73 Å². The molecule has 0 saturated heterocycles. The summed E-state index contributed by atoms with van der Waals surface area (Å²) >= 11 is 0. The number of rotatable bonds is 1. The summed E-state index contributed by atoms with van der Waals surface area (Å²) in [6.45, 7) is 0. The second-order valence-corrected chi connectivity index (χ2v) is 5.15. The summed E-state index contributed by atoms with van der Waals surface area (Å²) in [5, 5.41) is 4.65. The fourth-order valence-corrected chi connectivity index (χ4v) is 2.99. The van der Waals surface area contributed by atoms with E-state index in [1.807, 2.05) is 11.7 Å². The van der Waals surface area contributed by atoms with Crippen molar-refractivity contribution in [2.24, 2.45) is 7.05 Å². The van der Waals surface area contributed by atoms with Gasteiger partial charge in [0.25, 0.3) is 0 Å². The first kappa shape index (κ1) is 11.4. The van der Waals surface area contributed by atoms with Gasteiger partial charge in [0.2, 0.25) is 0 Å². The van der Waals surface area contributed by atoms with Crippen LogP contribution < -0.4 is 5.73 Å². The van der Waals surface area contributed by atoms with E-state index in [9.17, 15) is 0 Å². The van der Waals surface area contributed by atoms with E-state index < -0.39 is 0 Å². The summed E-state index contributed by atoms with van der Waals surface area (Å²) in [5.74, 6) is 1.06. The van der Waals surface area contributed by atoms with Crippen LogP contribution in [0.2, 0.25) is 0 Å². The van der Waals surface area contributed by atoms with Crippen LogP contribution in [0.1, 0.15) is 50.1 Å². The summed E-state index contributed by atoms with van der Waals surface area (Å²) in [6, 6.07) is 0. The first-order valence-electron chi connectivity index (χ1n) is 6.70. The van der Waals surface area contributed by atoms with Gasteiger partial charge in [0, 0.05) is 13.0 Å². The Morgan fingerprint density at radius 1 is 1.17 bits per heavy atom. The zero-order chi connectivity index (χ0) is 12.5. The van der Waals surface area contributed by atoms with E-state index in [1.165, 1.54) is 38.5 Å². The maximum Gasteiger partial charge on any atom is 0.153 e. The number of nitrogens with two attached hydrogens (primary N) is 1. The fourth-order valence-electron chi connectivity index (χ4n) is 2.99. The summed E-state index contributed by atoms with van der Waals surface area (Å²) in [5.41, 5.74) is 8.85. The number of hydrogen-bond acceptors (Lipinski definition) is 4. The van der Waals surface area contributed by atoms with Crippen molar-refractivity contribution in [2.45, 2.75) is 44.4 Å². The molecular weight excluding hydrogens is 226 g/mol. The molecule has 0 unspecified atom stereocenters. The molecule has 0 aromatic carbocycles. The second kappa shape index (κ2) is 4.55. The molecule has 0 aliphatic heterocycles. The monoisotopic (exact) mass is 245 g/mol. The quantitative estimate of drug-likeness (QED) is 0.783. The van der Waals surface area contributed by atoms with Gasteiger partial charge in [-0.25, -0.2) is 9.97 Å². The minimum atomic E-state index is 0.523. The van der Waals surface area contributed by atoms with Gasteiger partial charge >= 0.3 is 0 Å². The highest BCUT2D eigenvalue weighted by Gasteiger charge is 2.22. The van der Waals surface area contributed by atoms with Crippen LogP contribution in [0.15, 0.2) is 6.33 Å². The molecule has 2 aromatic heterocycles. The third-order valence-corrected chi connectivity index (χ3v) is 3.92. The van der Waals surface area contributed by atoms with Crippen LogP contribution in [0.5, 0.6) is 0 Å². The SMILES string of the molecule is Cn1nc(C2CCCCCC2)c2ncnc(N)c21. The van der Waals surface area contributed by atoms with Crippen molar-refractivity contribution in [1.29, 1.82) is 0 Å². The van der Waals surface area contributed by atoms with Gasteiger partial charge in [0.1, 0.15) is 17.4 Å². The van der Waals surface area contributed by atoms with Gasteiger partial charge in [-0.3, -0.25) is 4.68 Å². The molecule has 3 rings (SSSR count). The molecule has 1 aliphatic carbocycles. The van der Waals surface area contributed by atoms with E-state index in [-0.39, 0.29) is 0 Å². The van der Waals surface area contributed by atoms with E-state index in [2.05, 4.69) is 15.1 Å². The Morgan fingerprint density at radius 2 is 1.89 bits per heavy atom. The number of fused-ring (bicyclic) bond motifs is 1. The molecule has 18 heavy (non-hydrogen) atoms. The van der Waals surface area contributed by atoms with Crippen molar-refractivity contribution in [1.82, 2.24) is 19.7 Å². The van der Waals surface area contributed by atoms with Crippen LogP contribution in [-0.2, 0) is 7.05 Å². The minimum absolute atomic E-state index is 0.523. The topological polar surface area (TPSA) is 69.6 Å². The average molecular weight is 245 g/mol. The Bertz CT molecular complexity index is 552. The van der Waals surface area contributed by atoms with Crippen LogP contribution in [-0.4, -0.2) is 19.7 Å². The van der Waals surface area contributed by atoms with E-state index >= 15 is 0 Å². The lowest BCUT2D eigenvalue weighted by atomic mass is 9.96. The zero-order valence-corrected chi connectivity index (χ0v) is 10.8. The molecule has 0 bridgehead atoms. The highest BCUT2D eigenvalue weighted by atomic mass is 15.3. The van der Waals surface area contributed by atoms with E-state index in [4.69, 9.17) is 5.73 Å². The minimum Gasteiger partial charge on any atom is -0.382 e. The molecule has 1 fully saturated rings. The molecule has 0 atom stereocenters. The fraction of sp³-hybridized carbons (Fsp3) is 0.615. The Hall–Kier alpha value is -1.65. The first-order valence-corrected chi connectivity index (χ1v) is 6.70. The predicted octanol–water partition coefficient (Wildman–Crippen LogP) is 2.38. The van der Waals surface area contributed by atoms with Crippen LogP contribution in [0, 0.1) is 0 Å². The number of hydrogen-bond donors (Lipinski definition) is 1. The highest BCUT2D eigenvalue weighted by molar-refractivity contribution is 5.86. The van der Waals surface area contributed by atoms with Gasteiger partial charge in [-0.15, -0.1) is 0 Å². The van der Waals surface area contributed by atoms with Gasteiger partial charge < -0.3 is 5.73 Å². The summed E-state index contributed by atoms with van der Waals surface area (Å²) < 4.78 is 1.82. The van der Waals surface area contributed by atoms with E-state index in [0.717, 1.165) is 16.7 Å². The molecule has 2 N–H and O–H groups in total. The molecule has 0 amide bonds. The maximum atomic E-state index is 5.92. The lowest BCUT2D eigenvalue weighted by Gasteiger charge is -2.10. The lowest BCUT2D eigenvalue weighted by molar-refractivity contribution is 0.568.